The minimum Gasteiger partial charge on any atom is -0.506 e. The molecule has 3 aromatic carbocycles. The van der Waals surface area contributed by atoms with Gasteiger partial charge in [0.1, 0.15) is 17.2 Å². The molecule has 0 amide bonds. The number of phenols is 2. The van der Waals surface area contributed by atoms with Crippen LogP contribution in [0.3, 0.4) is 0 Å². The Hall–Kier alpha value is -4.52. The molecule has 0 fully saturated rings. The summed E-state index contributed by atoms with van der Waals surface area (Å²) in [7, 11) is 0. The Morgan fingerprint density at radius 1 is 0.774 bits per heavy atom. The van der Waals surface area contributed by atoms with Gasteiger partial charge in [0.05, 0.1) is 23.1 Å². The third-order valence-electron chi connectivity index (χ3n) is 4.74. The summed E-state index contributed by atoms with van der Waals surface area (Å²) in [6, 6.07) is 18.1. The zero-order valence-electron chi connectivity index (χ0n) is 16.3. The normalized spacial score (nSPS) is 10.6. The molecule has 4 rings (SSSR count). The molecule has 0 unspecified atom stereocenters. The van der Waals surface area contributed by atoms with Crippen molar-refractivity contribution in [2.75, 3.05) is 11.5 Å². The minimum atomic E-state index is -0.574. The van der Waals surface area contributed by atoms with E-state index in [2.05, 4.69) is 4.98 Å². The van der Waals surface area contributed by atoms with E-state index >= 15 is 0 Å². The number of hydrogen-bond donors (Lipinski definition) is 4. The van der Waals surface area contributed by atoms with Gasteiger partial charge in [0.25, 0.3) is 0 Å². The number of aromatic hydroxyl groups is 2. The molecular formula is C24H19N3O4. The largest absolute Gasteiger partial charge is 0.506 e. The van der Waals surface area contributed by atoms with Gasteiger partial charge in [-0.15, -0.1) is 0 Å². The van der Waals surface area contributed by atoms with Crippen molar-refractivity contribution in [1.29, 1.82) is 0 Å². The van der Waals surface area contributed by atoms with E-state index in [1.54, 1.807) is 54.7 Å². The van der Waals surface area contributed by atoms with Gasteiger partial charge in [0.2, 0.25) is 0 Å². The molecule has 4 aromatic rings. The van der Waals surface area contributed by atoms with E-state index in [0.717, 1.165) is 0 Å². The van der Waals surface area contributed by atoms with Gasteiger partial charge < -0.3 is 26.4 Å². The van der Waals surface area contributed by atoms with Crippen molar-refractivity contribution in [1.82, 2.24) is 4.98 Å². The second kappa shape index (κ2) is 8.08. The second-order valence-corrected chi connectivity index (χ2v) is 6.92. The van der Waals surface area contributed by atoms with Gasteiger partial charge in [0, 0.05) is 6.20 Å². The maximum absolute atomic E-state index is 12.8. The van der Waals surface area contributed by atoms with Crippen LogP contribution >= 0.6 is 0 Å². The number of rotatable bonds is 4. The average molecular weight is 413 g/mol. The first kappa shape index (κ1) is 19.8. The monoisotopic (exact) mass is 413 g/mol. The van der Waals surface area contributed by atoms with Gasteiger partial charge >= 0.3 is 5.97 Å². The summed E-state index contributed by atoms with van der Waals surface area (Å²) in [5.74, 6) is -0.384. The number of nitrogen functional groups attached to an aromatic ring is 2. The summed E-state index contributed by atoms with van der Waals surface area (Å²) >= 11 is 0. The Kier molecular flexibility index (Phi) is 5.15. The molecule has 0 radical (unpaired) electrons. The molecular weight excluding hydrogens is 394 g/mol. The zero-order valence-corrected chi connectivity index (χ0v) is 16.3. The Balaban J connectivity index is 1.82. The van der Waals surface area contributed by atoms with E-state index < -0.39 is 5.97 Å². The molecule has 1 aromatic heterocycles. The number of aromatic nitrogens is 1. The van der Waals surface area contributed by atoms with Crippen LogP contribution in [-0.2, 0) is 0 Å². The van der Waals surface area contributed by atoms with Crippen molar-refractivity contribution < 1.29 is 19.7 Å². The standard InChI is InChI=1S/C24H19N3O4/c25-20-5-3-14(11-22(20)28)16-8-17(15-4-6-21(26)23(29)12-15)10-18(9-16)24(30)31-19-2-1-7-27-13-19/h1-13,28-29H,25-26H2. The van der Waals surface area contributed by atoms with Crippen LogP contribution in [0.5, 0.6) is 17.2 Å². The third-order valence-corrected chi connectivity index (χ3v) is 4.74. The number of pyridine rings is 1. The molecule has 0 aliphatic rings. The number of hydrogen-bond acceptors (Lipinski definition) is 7. The highest BCUT2D eigenvalue weighted by Crippen LogP contribution is 2.34. The van der Waals surface area contributed by atoms with E-state index in [1.165, 1.54) is 18.3 Å². The topological polar surface area (TPSA) is 132 Å². The first-order valence-corrected chi connectivity index (χ1v) is 9.36. The Labute approximate surface area is 178 Å². The lowest BCUT2D eigenvalue weighted by atomic mass is 9.95. The maximum atomic E-state index is 12.8. The SMILES string of the molecule is Nc1ccc(-c2cc(C(=O)Oc3cccnc3)cc(-c3ccc(N)c(O)c3)c2)cc1O. The van der Waals surface area contributed by atoms with Crippen LogP contribution < -0.4 is 16.2 Å². The van der Waals surface area contributed by atoms with Gasteiger partial charge in [-0.05, 0) is 76.9 Å². The van der Waals surface area contributed by atoms with Crippen LogP contribution in [0, 0.1) is 0 Å². The van der Waals surface area contributed by atoms with Crippen molar-refractivity contribution in [3.8, 4) is 39.5 Å². The van der Waals surface area contributed by atoms with Crippen molar-refractivity contribution in [2.45, 2.75) is 0 Å². The number of nitrogens with zero attached hydrogens (tertiary/aromatic N) is 1. The molecule has 6 N–H and O–H groups in total. The van der Waals surface area contributed by atoms with Crippen LogP contribution in [0.4, 0.5) is 11.4 Å². The summed E-state index contributed by atoms with van der Waals surface area (Å²) in [5.41, 5.74) is 14.8. The third kappa shape index (κ3) is 4.25. The van der Waals surface area contributed by atoms with Gasteiger partial charge in [-0.1, -0.05) is 12.1 Å². The molecule has 154 valence electrons. The lowest BCUT2D eigenvalue weighted by molar-refractivity contribution is 0.0734. The first-order chi connectivity index (χ1) is 14.9. The molecule has 0 spiro atoms. The van der Waals surface area contributed by atoms with E-state index in [4.69, 9.17) is 16.2 Å². The molecule has 0 saturated carbocycles. The van der Waals surface area contributed by atoms with E-state index in [1.807, 2.05) is 6.07 Å². The summed E-state index contributed by atoms with van der Waals surface area (Å²) in [4.78, 5) is 16.8. The number of benzene rings is 3. The molecule has 0 bridgehead atoms. The lowest BCUT2D eigenvalue weighted by Gasteiger charge is -2.12. The van der Waals surface area contributed by atoms with Crippen LogP contribution in [-0.4, -0.2) is 21.2 Å². The molecule has 7 heteroatoms. The molecule has 0 saturated heterocycles. The molecule has 0 atom stereocenters. The van der Waals surface area contributed by atoms with Crippen molar-refractivity contribution in [3.05, 3.63) is 84.7 Å². The predicted molar refractivity (Wildman–Crippen MR) is 119 cm³/mol. The molecule has 7 nitrogen and oxygen atoms in total. The Morgan fingerprint density at radius 3 is 1.84 bits per heavy atom. The summed E-state index contributed by atoms with van der Waals surface area (Å²) in [6.45, 7) is 0. The van der Waals surface area contributed by atoms with Crippen LogP contribution in [0.1, 0.15) is 10.4 Å². The Morgan fingerprint density at radius 2 is 1.35 bits per heavy atom. The number of phenolic OH excluding ortho intramolecular Hbond substituents is 2. The van der Waals surface area contributed by atoms with Gasteiger partial charge in [-0.3, -0.25) is 4.98 Å². The van der Waals surface area contributed by atoms with Gasteiger partial charge in [-0.2, -0.15) is 0 Å². The number of ether oxygens (including phenoxy) is 1. The fourth-order valence-electron chi connectivity index (χ4n) is 3.10. The van der Waals surface area contributed by atoms with Crippen LogP contribution in [0.2, 0.25) is 0 Å². The minimum absolute atomic E-state index is 0.0625. The number of anilines is 2. The van der Waals surface area contributed by atoms with E-state index in [0.29, 0.717) is 28.0 Å². The highest BCUT2D eigenvalue weighted by molar-refractivity contribution is 5.95. The molecule has 0 aliphatic carbocycles. The number of nitrogens with two attached hydrogens (primary N) is 2. The van der Waals surface area contributed by atoms with Gasteiger partial charge in [-0.25, -0.2) is 4.79 Å². The second-order valence-electron chi connectivity index (χ2n) is 6.92. The Bertz CT molecular complexity index is 1200. The number of carbonyl (C=O) groups excluding carboxylic acids is 1. The summed E-state index contributed by atoms with van der Waals surface area (Å²) in [6.07, 6.45) is 3.02. The molecule has 31 heavy (non-hydrogen) atoms. The highest BCUT2D eigenvalue weighted by atomic mass is 16.5. The predicted octanol–water partition coefficient (Wildman–Crippen LogP) is 4.21. The zero-order chi connectivity index (χ0) is 22.0. The van der Waals surface area contributed by atoms with Crippen molar-refractivity contribution in [2.24, 2.45) is 0 Å². The van der Waals surface area contributed by atoms with E-state index in [9.17, 15) is 15.0 Å². The quantitative estimate of drug-likeness (QED) is 0.224. The van der Waals surface area contributed by atoms with Crippen molar-refractivity contribution in [3.63, 3.8) is 0 Å². The average Bonchev–Trinajstić information content (AvgIpc) is 2.78. The number of esters is 1. The lowest BCUT2D eigenvalue weighted by Crippen LogP contribution is -2.09. The van der Waals surface area contributed by atoms with Crippen molar-refractivity contribution >= 4 is 17.3 Å². The van der Waals surface area contributed by atoms with Gasteiger partial charge in [0.15, 0.2) is 0 Å². The fraction of sp³-hybridized carbons (Fsp3) is 0. The smallest absolute Gasteiger partial charge is 0.343 e. The summed E-state index contributed by atoms with van der Waals surface area (Å²) < 4.78 is 5.43. The van der Waals surface area contributed by atoms with Crippen LogP contribution in [0.25, 0.3) is 22.3 Å². The summed E-state index contributed by atoms with van der Waals surface area (Å²) in [5, 5.41) is 20.0. The maximum Gasteiger partial charge on any atom is 0.343 e. The number of carbonyl (C=O) groups is 1. The molecule has 0 aliphatic heterocycles. The fourth-order valence-corrected chi connectivity index (χ4v) is 3.10. The first-order valence-electron chi connectivity index (χ1n) is 9.36. The highest BCUT2D eigenvalue weighted by Gasteiger charge is 2.15. The van der Waals surface area contributed by atoms with Crippen LogP contribution in [0.15, 0.2) is 79.1 Å². The molecule has 1 heterocycles. The van der Waals surface area contributed by atoms with E-state index in [-0.39, 0.29) is 28.4 Å².